The van der Waals surface area contributed by atoms with Gasteiger partial charge in [0.1, 0.15) is 6.33 Å². The van der Waals surface area contributed by atoms with Crippen molar-refractivity contribution in [3.63, 3.8) is 0 Å². The highest BCUT2D eigenvalue weighted by molar-refractivity contribution is 5.86. The fourth-order valence-corrected chi connectivity index (χ4v) is 4.87. The first-order chi connectivity index (χ1) is 16.6. The molecule has 34 heavy (non-hydrogen) atoms. The Balaban J connectivity index is 1.42. The predicted molar refractivity (Wildman–Crippen MR) is 138 cm³/mol. The van der Waals surface area contributed by atoms with Crippen LogP contribution in [0.4, 0.5) is 17.1 Å². The molecule has 0 radical (unpaired) electrons. The van der Waals surface area contributed by atoms with Crippen molar-refractivity contribution in [2.75, 3.05) is 4.90 Å². The zero-order valence-corrected chi connectivity index (χ0v) is 19.2. The van der Waals surface area contributed by atoms with E-state index in [1.807, 2.05) is 30.3 Å². The van der Waals surface area contributed by atoms with Crippen molar-refractivity contribution in [1.29, 1.82) is 0 Å². The van der Waals surface area contributed by atoms with Crippen LogP contribution in [0.25, 0.3) is 22.8 Å². The first-order valence-corrected chi connectivity index (χ1v) is 11.5. The van der Waals surface area contributed by atoms with Crippen molar-refractivity contribution >= 4 is 17.1 Å². The van der Waals surface area contributed by atoms with Gasteiger partial charge in [0.25, 0.3) is 0 Å². The van der Waals surface area contributed by atoms with Gasteiger partial charge >= 0.3 is 0 Å². The summed E-state index contributed by atoms with van der Waals surface area (Å²) in [4.78, 5) is 15.9. The third-order valence-corrected chi connectivity index (χ3v) is 6.62. The maximum Gasteiger partial charge on any atom is 0.163 e. The van der Waals surface area contributed by atoms with E-state index in [-0.39, 0.29) is 5.41 Å². The van der Waals surface area contributed by atoms with Gasteiger partial charge in [0.15, 0.2) is 11.6 Å². The van der Waals surface area contributed by atoms with Gasteiger partial charge in [0, 0.05) is 22.2 Å². The van der Waals surface area contributed by atoms with Crippen molar-refractivity contribution in [2.45, 2.75) is 19.3 Å². The van der Waals surface area contributed by atoms with Crippen LogP contribution in [0.5, 0.6) is 0 Å². The van der Waals surface area contributed by atoms with Crippen LogP contribution < -0.4 is 4.90 Å². The van der Waals surface area contributed by atoms with Gasteiger partial charge in [0.2, 0.25) is 0 Å². The quantitative estimate of drug-likeness (QED) is 0.295. The van der Waals surface area contributed by atoms with E-state index in [0.717, 1.165) is 16.8 Å². The molecule has 0 amide bonds. The number of rotatable bonds is 3. The van der Waals surface area contributed by atoms with Crippen LogP contribution in [-0.4, -0.2) is 15.0 Å². The van der Waals surface area contributed by atoms with E-state index in [4.69, 9.17) is 4.98 Å². The average Bonchev–Trinajstić information content (AvgIpc) is 2.90. The van der Waals surface area contributed by atoms with E-state index in [0.29, 0.717) is 11.6 Å². The van der Waals surface area contributed by atoms with Gasteiger partial charge in [-0.2, -0.15) is 0 Å². The van der Waals surface area contributed by atoms with E-state index in [1.165, 1.54) is 22.5 Å². The number of fused-ring (bicyclic) bond motifs is 2. The summed E-state index contributed by atoms with van der Waals surface area (Å²) in [5.41, 5.74) is 8.05. The Kier molecular flexibility index (Phi) is 4.73. The topological polar surface area (TPSA) is 41.9 Å². The molecule has 0 aliphatic carbocycles. The van der Waals surface area contributed by atoms with Crippen molar-refractivity contribution in [1.82, 2.24) is 15.0 Å². The highest BCUT2D eigenvalue weighted by Crippen LogP contribution is 2.51. The third kappa shape index (κ3) is 3.27. The van der Waals surface area contributed by atoms with E-state index in [9.17, 15) is 0 Å². The Hall–Kier alpha value is -4.31. The molecule has 4 aromatic carbocycles. The smallest absolute Gasteiger partial charge is 0.163 e. The monoisotopic (exact) mass is 440 g/mol. The summed E-state index contributed by atoms with van der Waals surface area (Å²) in [5.74, 6) is 1.34. The Morgan fingerprint density at radius 2 is 1.06 bits per heavy atom. The first-order valence-electron chi connectivity index (χ1n) is 11.5. The van der Waals surface area contributed by atoms with Gasteiger partial charge in [-0.3, -0.25) is 0 Å². The molecule has 0 bridgehead atoms. The molecule has 0 atom stereocenters. The second kappa shape index (κ2) is 7.92. The van der Waals surface area contributed by atoms with Crippen LogP contribution >= 0.6 is 0 Å². The lowest BCUT2D eigenvalue weighted by Gasteiger charge is -2.42. The van der Waals surface area contributed by atoms with E-state index < -0.39 is 0 Å². The molecule has 164 valence electrons. The van der Waals surface area contributed by atoms with Gasteiger partial charge < -0.3 is 4.90 Å². The minimum Gasteiger partial charge on any atom is -0.310 e. The van der Waals surface area contributed by atoms with Crippen molar-refractivity contribution in [3.8, 4) is 22.8 Å². The first kappa shape index (κ1) is 20.3. The molecular formula is C30H24N4. The Labute approximate surface area is 199 Å². The molecule has 0 N–H and O–H groups in total. The molecule has 5 aromatic rings. The molecule has 2 heterocycles. The second-order valence-corrected chi connectivity index (χ2v) is 9.04. The molecule has 6 rings (SSSR count). The normalized spacial score (nSPS) is 13.8. The second-order valence-electron chi connectivity index (χ2n) is 9.04. The van der Waals surface area contributed by atoms with E-state index >= 15 is 0 Å². The lowest BCUT2D eigenvalue weighted by Crippen LogP contribution is -2.30. The molecule has 1 aromatic heterocycles. The number of nitrogens with zero attached hydrogens (tertiary/aromatic N) is 4. The zero-order chi connectivity index (χ0) is 23.1. The zero-order valence-electron chi connectivity index (χ0n) is 19.2. The van der Waals surface area contributed by atoms with Gasteiger partial charge in [-0.25, -0.2) is 15.0 Å². The third-order valence-electron chi connectivity index (χ3n) is 6.62. The largest absolute Gasteiger partial charge is 0.310 e. The number of para-hydroxylation sites is 2. The Bertz CT molecular complexity index is 1420. The SMILES string of the molecule is CC1(C)c2ccccc2N(c2ccc(-c3ncnc(-c4ccccc4)n3)cc2)c2ccccc21. The van der Waals surface area contributed by atoms with Crippen molar-refractivity contribution in [2.24, 2.45) is 0 Å². The minimum atomic E-state index is -0.0671. The molecule has 0 saturated heterocycles. The molecule has 1 aliphatic rings. The molecule has 1 aliphatic heterocycles. The number of benzene rings is 4. The number of anilines is 3. The highest BCUT2D eigenvalue weighted by atomic mass is 15.2. The summed E-state index contributed by atoms with van der Waals surface area (Å²) in [6.07, 6.45) is 1.58. The van der Waals surface area contributed by atoms with Crippen LogP contribution in [0.2, 0.25) is 0 Å². The van der Waals surface area contributed by atoms with E-state index in [1.54, 1.807) is 6.33 Å². The molecule has 0 spiro atoms. The predicted octanol–water partition coefficient (Wildman–Crippen LogP) is 7.31. The number of hydrogen-bond acceptors (Lipinski definition) is 4. The number of hydrogen-bond donors (Lipinski definition) is 0. The van der Waals surface area contributed by atoms with Crippen LogP contribution in [-0.2, 0) is 5.41 Å². The molecule has 4 heteroatoms. The van der Waals surface area contributed by atoms with Gasteiger partial charge in [-0.15, -0.1) is 0 Å². The van der Waals surface area contributed by atoms with Gasteiger partial charge in [0.05, 0.1) is 11.4 Å². The summed E-state index contributed by atoms with van der Waals surface area (Å²) in [7, 11) is 0. The Morgan fingerprint density at radius 1 is 0.559 bits per heavy atom. The summed E-state index contributed by atoms with van der Waals surface area (Å²) in [6.45, 7) is 4.60. The van der Waals surface area contributed by atoms with Crippen LogP contribution in [0.15, 0.2) is 109 Å². The van der Waals surface area contributed by atoms with Crippen molar-refractivity contribution in [3.05, 3.63) is 121 Å². The summed E-state index contributed by atoms with van der Waals surface area (Å²) < 4.78 is 0. The fourth-order valence-electron chi connectivity index (χ4n) is 4.87. The average molecular weight is 441 g/mol. The highest BCUT2D eigenvalue weighted by Gasteiger charge is 2.36. The van der Waals surface area contributed by atoms with Crippen LogP contribution in [0, 0.1) is 0 Å². The number of aromatic nitrogens is 3. The summed E-state index contributed by atoms with van der Waals surface area (Å²) >= 11 is 0. The Morgan fingerprint density at radius 3 is 1.65 bits per heavy atom. The summed E-state index contributed by atoms with van der Waals surface area (Å²) in [5, 5.41) is 0. The fraction of sp³-hybridized carbons (Fsp3) is 0.100. The van der Waals surface area contributed by atoms with Gasteiger partial charge in [-0.1, -0.05) is 80.6 Å². The molecule has 0 unspecified atom stereocenters. The standard InChI is InChI=1S/C30H24N4/c1-30(2)24-12-6-8-14-26(24)34(27-15-9-7-13-25(27)30)23-18-16-22(17-19-23)29-32-20-31-28(33-29)21-10-4-3-5-11-21/h3-20H,1-2H3. The van der Waals surface area contributed by atoms with Crippen LogP contribution in [0.3, 0.4) is 0 Å². The van der Waals surface area contributed by atoms with Crippen LogP contribution in [0.1, 0.15) is 25.0 Å². The van der Waals surface area contributed by atoms with E-state index in [2.05, 4.69) is 102 Å². The molecule has 4 nitrogen and oxygen atoms in total. The van der Waals surface area contributed by atoms with Crippen molar-refractivity contribution < 1.29 is 0 Å². The maximum atomic E-state index is 4.71. The summed E-state index contributed by atoms with van der Waals surface area (Å²) in [6, 6.07) is 35.8. The minimum absolute atomic E-state index is 0.0671. The lowest BCUT2D eigenvalue weighted by molar-refractivity contribution is 0.632. The van der Waals surface area contributed by atoms with Gasteiger partial charge in [-0.05, 0) is 47.5 Å². The molecule has 0 saturated carbocycles. The maximum absolute atomic E-state index is 4.71. The lowest BCUT2D eigenvalue weighted by atomic mass is 9.73. The molecule has 0 fully saturated rings. The molecular weight excluding hydrogens is 416 g/mol.